The molecule has 4 atom stereocenters. The van der Waals surface area contributed by atoms with E-state index in [0.29, 0.717) is 38.8 Å². The van der Waals surface area contributed by atoms with Crippen LogP contribution in [0.5, 0.6) is 0 Å². The van der Waals surface area contributed by atoms with Crippen LogP contribution in [-0.2, 0) is 30.4 Å². The van der Waals surface area contributed by atoms with Crippen molar-refractivity contribution in [2.45, 2.75) is 62.7 Å². The van der Waals surface area contributed by atoms with Crippen LogP contribution in [0.25, 0.3) is 10.9 Å². The van der Waals surface area contributed by atoms with Crippen molar-refractivity contribution in [2.75, 3.05) is 13.1 Å². The van der Waals surface area contributed by atoms with Crippen molar-refractivity contribution < 1.29 is 29.1 Å². The summed E-state index contributed by atoms with van der Waals surface area (Å²) in [7, 11) is 0. The predicted molar refractivity (Wildman–Crippen MR) is 133 cm³/mol. The Hall–Kier alpha value is -3.93. The highest BCUT2D eigenvalue weighted by Crippen LogP contribution is 2.27. The molecule has 0 saturated carbocycles. The summed E-state index contributed by atoms with van der Waals surface area (Å²) >= 11 is 0. The molecule has 4 rings (SSSR count). The molecule has 2 aliphatic rings. The van der Waals surface area contributed by atoms with Crippen molar-refractivity contribution in [3.63, 3.8) is 0 Å². The van der Waals surface area contributed by atoms with Crippen LogP contribution in [0.1, 0.15) is 37.7 Å². The number of hydrogen-bond donors (Lipinski definition) is 5. The van der Waals surface area contributed by atoms with E-state index in [1.165, 1.54) is 9.80 Å². The third-order valence-electron chi connectivity index (χ3n) is 7.11. The number of fused-ring (bicyclic) bond motifs is 1. The number of carboxylic acids is 1. The number of para-hydroxylation sites is 1. The summed E-state index contributed by atoms with van der Waals surface area (Å²) < 4.78 is 0. The topological polar surface area (TPSA) is 192 Å². The lowest BCUT2D eigenvalue weighted by Gasteiger charge is -2.32. The Bertz CT molecular complexity index is 1210. The van der Waals surface area contributed by atoms with E-state index in [1.807, 2.05) is 24.3 Å². The fourth-order valence-electron chi connectivity index (χ4n) is 5.27. The lowest BCUT2D eigenvalue weighted by atomic mass is 10.0. The monoisotopic (exact) mass is 512 g/mol. The third kappa shape index (κ3) is 5.58. The zero-order valence-electron chi connectivity index (χ0n) is 20.4. The molecule has 3 heterocycles. The lowest BCUT2D eigenvalue weighted by molar-refractivity contribution is -0.152. The second-order valence-corrected chi connectivity index (χ2v) is 9.62. The van der Waals surface area contributed by atoms with Gasteiger partial charge in [0.25, 0.3) is 0 Å². The van der Waals surface area contributed by atoms with Crippen LogP contribution in [0.15, 0.2) is 30.5 Å². The molecule has 2 aromatic rings. The number of nitrogens with one attached hydrogen (secondary N) is 2. The van der Waals surface area contributed by atoms with Crippen LogP contribution in [-0.4, -0.2) is 86.7 Å². The van der Waals surface area contributed by atoms with E-state index in [4.69, 9.17) is 11.5 Å². The number of primary amides is 1. The Labute approximate surface area is 213 Å². The van der Waals surface area contributed by atoms with Crippen molar-refractivity contribution in [2.24, 2.45) is 11.5 Å². The fourth-order valence-corrected chi connectivity index (χ4v) is 5.27. The SMILES string of the molecule is NC(=O)CC(N)C(=O)NC(Cc1c[nH]c2ccccc12)C(=O)N1CCCC1C(=O)N1CCCC1C(=O)O. The van der Waals surface area contributed by atoms with E-state index in [0.717, 1.165) is 16.5 Å². The summed E-state index contributed by atoms with van der Waals surface area (Å²) in [6, 6.07) is 3.51. The Balaban J connectivity index is 1.58. The highest BCUT2D eigenvalue weighted by atomic mass is 16.4. The molecule has 12 nitrogen and oxygen atoms in total. The highest BCUT2D eigenvalue weighted by molar-refractivity contribution is 5.96. The number of amides is 4. The average Bonchev–Trinajstić information content (AvgIpc) is 3.62. The number of aromatic amines is 1. The van der Waals surface area contributed by atoms with Crippen LogP contribution in [0.2, 0.25) is 0 Å². The molecular weight excluding hydrogens is 480 g/mol. The highest BCUT2D eigenvalue weighted by Gasteiger charge is 2.43. The summed E-state index contributed by atoms with van der Waals surface area (Å²) in [4.78, 5) is 68.8. The molecule has 2 fully saturated rings. The van der Waals surface area contributed by atoms with E-state index in [-0.39, 0.29) is 12.8 Å². The molecule has 7 N–H and O–H groups in total. The first-order valence-corrected chi connectivity index (χ1v) is 12.4. The quantitative estimate of drug-likeness (QED) is 0.298. The van der Waals surface area contributed by atoms with Gasteiger partial charge in [-0.05, 0) is 37.3 Å². The number of aliphatic carboxylic acids is 1. The molecule has 2 saturated heterocycles. The van der Waals surface area contributed by atoms with Gasteiger partial charge in [-0.15, -0.1) is 0 Å². The summed E-state index contributed by atoms with van der Waals surface area (Å²) in [5, 5.41) is 13.1. The van der Waals surface area contributed by atoms with Crippen LogP contribution in [0, 0.1) is 0 Å². The Morgan fingerprint density at radius 2 is 1.73 bits per heavy atom. The van der Waals surface area contributed by atoms with E-state index >= 15 is 0 Å². The Morgan fingerprint density at radius 1 is 1.05 bits per heavy atom. The molecule has 12 heteroatoms. The maximum atomic E-state index is 13.8. The van der Waals surface area contributed by atoms with Gasteiger partial charge in [-0.25, -0.2) is 4.79 Å². The Kier molecular flexibility index (Phi) is 7.77. The van der Waals surface area contributed by atoms with E-state index < -0.39 is 53.8 Å². The summed E-state index contributed by atoms with van der Waals surface area (Å²) in [6.07, 6.45) is 3.44. The van der Waals surface area contributed by atoms with Gasteiger partial charge in [0.05, 0.1) is 12.5 Å². The van der Waals surface area contributed by atoms with Gasteiger partial charge in [0.15, 0.2) is 0 Å². The maximum absolute atomic E-state index is 13.8. The average molecular weight is 513 g/mol. The van der Waals surface area contributed by atoms with Gasteiger partial charge in [-0.2, -0.15) is 0 Å². The van der Waals surface area contributed by atoms with Gasteiger partial charge in [-0.1, -0.05) is 18.2 Å². The van der Waals surface area contributed by atoms with Gasteiger partial charge >= 0.3 is 5.97 Å². The lowest BCUT2D eigenvalue weighted by Crippen LogP contribution is -2.57. The molecule has 0 bridgehead atoms. The number of carbonyl (C=O) groups excluding carboxylic acids is 4. The van der Waals surface area contributed by atoms with Crippen LogP contribution in [0.3, 0.4) is 0 Å². The minimum atomic E-state index is -1.23. The molecule has 198 valence electrons. The van der Waals surface area contributed by atoms with Crippen LogP contribution < -0.4 is 16.8 Å². The van der Waals surface area contributed by atoms with Crippen molar-refractivity contribution in [1.82, 2.24) is 20.1 Å². The van der Waals surface area contributed by atoms with Crippen molar-refractivity contribution in [3.8, 4) is 0 Å². The first-order chi connectivity index (χ1) is 17.7. The summed E-state index contributed by atoms with van der Waals surface area (Å²) in [5.41, 5.74) is 12.6. The Morgan fingerprint density at radius 3 is 2.43 bits per heavy atom. The third-order valence-corrected chi connectivity index (χ3v) is 7.11. The molecule has 2 aliphatic heterocycles. The molecule has 1 aromatic heterocycles. The molecule has 0 spiro atoms. The number of likely N-dealkylation sites (tertiary alicyclic amines) is 2. The summed E-state index contributed by atoms with van der Waals surface area (Å²) in [5.74, 6) is -3.37. The molecule has 4 amide bonds. The van der Waals surface area contributed by atoms with Gasteiger partial charge in [0.1, 0.15) is 18.1 Å². The van der Waals surface area contributed by atoms with Gasteiger partial charge < -0.3 is 36.7 Å². The number of carboxylic acid groups (broad SMARTS) is 1. The second-order valence-electron chi connectivity index (χ2n) is 9.62. The van der Waals surface area contributed by atoms with Crippen LogP contribution >= 0.6 is 0 Å². The largest absolute Gasteiger partial charge is 0.480 e. The van der Waals surface area contributed by atoms with E-state index in [2.05, 4.69) is 10.3 Å². The summed E-state index contributed by atoms with van der Waals surface area (Å²) in [6.45, 7) is 0.625. The molecule has 1 aromatic carbocycles. The normalized spacial score (nSPS) is 21.1. The molecule has 37 heavy (non-hydrogen) atoms. The molecular formula is C25H32N6O6. The molecule has 0 aliphatic carbocycles. The fraction of sp³-hybridized carbons (Fsp3) is 0.480. The minimum absolute atomic E-state index is 0.122. The van der Waals surface area contributed by atoms with Crippen molar-refractivity contribution in [3.05, 3.63) is 36.0 Å². The number of H-pyrrole nitrogens is 1. The predicted octanol–water partition coefficient (Wildman–Crippen LogP) is -0.535. The first kappa shape index (κ1) is 26.1. The number of rotatable bonds is 9. The zero-order chi connectivity index (χ0) is 26.7. The number of nitrogens with zero attached hydrogens (tertiary/aromatic N) is 2. The van der Waals surface area contributed by atoms with Crippen molar-refractivity contribution >= 4 is 40.5 Å². The first-order valence-electron chi connectivity index (χ1n) is 12.4. The molecule has 0 radical (unpaired) electrons. The number of nitrogens with two attached hydrogens (primary N) is 2. The number of aromatic nitrogens is 1. The zero-order valence-corrected chi connectivity index (χ0v) is 20.4. The van der Waals surface area contributed by atoms with Gasteiger partial charge in [0, 0.05) is 36.6 Å². The molecule has 4 unspecified atom stereocenters. The van der Waals surface area contributed by atoms with Gasteiger partial charge in [0.2, 0.25) is 23.6 Å². The van der Waals surface area contributed by atoms with Crippen LogP contribution in [0.4, 0.5) is 0 Å². The number of hydrogen-bond acceptors (Lipinski definition) is 6. The van der Waals surface area contributed by atoms with E-state index in [9.17, 15) is 29.1 Å². The standard InChI is InChI=1S/C25H32N6O6/c26-16(12-21(27)32)22(33)29-18(11-14-13-28-17-6-2-1-5-15(14)17)23(34)30-9-3-7-19(30)24(35)31-10-4-8-20(31)25(36)37/h1-2,5-6,13,16,18-20,28H,3-4,7-12,26H2,(H2,27,32)(H,29,33)(H,36,37). The number of benzene rings is 1. The minimum Gasteiger partial charge on any atom is -0.480 e. The second kappa shape index (κ2) is 11.0. The van der Waals surface area contributed by atoms with E-state index in [1.54, 1.807) is 6.20 Å². The van der Waals surface area contributed by atoms with Gasteiger partial charge in [-0.3, -0.25) is 19.2 Å². The smallest absolute Gasteiger partial charge is 0.326 e. The maximum Gasteiger partial charge on any atom is 0.326 e. The number of carbonyl (C=O) groups is 5. The van der Waals surface area contributed by atoms with Crippen molar-refractivity contribution in [1.29, 1.82) is 0 Å².